The molecule has 0 saturated carbocycles. The lowest BCUT2D eigenvalue weighted by atomic mass is 9.91. The van der Waals surface area contributed by atoms with Crippen molar-refractivity contribution in [1.29, 1.82) is 0 Å². The summed E-state index contributed by atoms with van der Waals surface area (Å²) in [6, 6.07) is 6.49. The lowest BCUT2D eigenvalue weighted by Crippen LogP contribution is -2.02. The summed E-state index contributed by atoms with van der Waals surface area (Å²) >= 11 is 0. The molecule has 0 aliphatic carbocycles. The zero-order valence-corrected chi connectivity index (χ0v) is 11.5. The summed E-state index contributed by atoms with van der Waals surface area (Å²) in [5.74, 6) is 1.61. The van der Waals surface area contributed by atoms with Gasteiger partial charge >= 0.3 is 0 Å². The van der Waals surface area contributed by atoms with E-state index in [1.807, 2.05) is 6.92 Å². The average molecular weight is 232 g/mol. The highest BCUT2D eigenvalue weighted by molar-refractivity contribution is 5.39. The van der Waals surface area contributed by atoms with Gasteiger partial charge in [-0.15, -0.1) is 0 Å². The maximum absolute atomic E-state index is 5.73. The van der Waals surface area contributed by atoms with Crippen LogP contribution < -0.4 is 4.74 Å². The number of hydrogen-bond donors (Lipinski definition) is 0. The van der Waals surface area contributed by atoms with Crippen LogP contribution in [0.4, 0.5) is 0 Å². The van der Waals surface area contributed by atoms with Crippen LogP contribution in [0.15, 0.2) is 30.4 Å². The standard InChI is InChI=1S/C16H24O/c1-5-8-9-14(6-2)15-12-13(4)10-11-16(15)17-7-3/h5,8,10-12,14H,6-7,9H2,1-4H3/b8-5-. The predicted octanol–water partition coefficient (Wildman–Crippen LogP) is 4.85. The molecule has 1 heteroatoms. The third-order valence-electron chi connectivity index (χ3n) is 3.05. The number of allylic oxidation sites excluding steroid dienone is 2. The Bertz CT molecular complexity index is 366. The van der Waals surface area contributed by atoms with E-state index in [4.69, 9.17) is 4.74 Å². The largest absolute Gasteiger partial charge is 0.494 e. The minimum absolute atomic E-state index is 0.563. The number of hydrogen-bond acceptors (Lipinski definition) is 1. The van der Waals surface area contributed by atoms with Gasteiger partial charge in [0.2, 0.25) is 0 Å². The molecule has 0 bridgehead atoms. The molecule has 0 heterocycles. The van der Waals surface area contributed by atoms with Crippen molar-refractivity contribution in [1.82, 2.24) is 0 Å². The number of rotatable bonds is 6. The molecular weight excluding hydrogens is 208 g/mol. The topological polar surface area (TPSA) is 9.23 Å². The molecule has 0 N–H and O–H groups in total. The first-order valence-corrected chi connectivity index (χ1v) is 6.57. The molecule has 1 unspecified atom stereocenters. The van der Waals surface area contributed by atoms with Crippen molar-refractivity contribution >= 4 is 0 Å². The van der Waals surface area contributed by atoms with E-state index in [0.29, 0.717) is 5.92 Å². The highest BCUT2D eigenvalue weighted by Crippen LogP contribution is 2.32. The number of benzene rings is 1. The zero-order chi connectivity index (χ0) is 12.7. The van der Waals surface area contributed by atoms with Crippen LogP contribution in [0.1, 0.15) is 50.7 Å². The normalized spacial score (nSPS) is 12.9. The molecule has 0 amide bonds. The van der Waals surface area contributed by atoms with E-state index in [1.165, 1.54) is 11.1 Å². The Morgan fingerprint density at radius 3 is 2.65 bits per heavy atom. The third kappa shape index (κ3) is 3.92. The van der Waals surface area contributed by atoms with Gasteiger partial charge in [0, 0.05) is 0 Å². The average Bonchev–Trinajstić information content (AvgIpc) is 2.33. The van der Waals surface area contributed by atoms with E-state index in [0.717, 1.165) is 25.2 Å². The van der Waals surface area contributed by atoms with E-state index in [1.54, 1.807) is 0 Å². The van der Waals surface area contributed by atoms with Crippen molar-refractivity contribution in [2.45, 2.75) is 46.5 Å². The molecule has 94 valence electrons. The van der Waals surface area contributed by atoms with Gasteiger partial charge in [0.05, 0.1) is 6.61 Å². The smallest absolute Gasteiger partial charge is 0.122 e. The van der Waals surface area contributed by atoms with Crippen LogP contribution in [0.2, 0.25) is 0 Å². The van der Waals surface area contributed by atoms with Gasteiger partial charge in [-0.2, -0.15) is 0 Å². The molecule has 0 radical (unpaired) electrons. The van der Waals surface area contributed by atoms with Crippen molar-refractivity contribution in [2.24, 2.45) is 0 Å². The SMILES string of the molecule is C/C=C\CC(CC)c1cc(C)ccc1OCC. The van der Waals surface area contributed by atoms with Gasteiger partial charge in [0.15, 0.2) is 0 Å². The van der Waals surface area contributed by atoms with Gasteiger partial charge in [-0.25, -0.2) is 0 Å². The Labute approximate surface area is 106 Å². The van der Waals surface area contributed by atoms with Gasteiger partial charge in [-0.3, -0.25) is 0 Å². The molecule has 0 aromatic heterocycles. The van der Waals surface area contributed by atoms with Crippen molar-refractivity contribution in [3.63, 3.8) is 0 Å². The molecule has 0 fully saturated rings. The molecular formula is C16H24O. The van der Waals surface area contributed by atoms with Crippen LogP contribution in [0.25, 0.3) is 0 Å². The van der Waals surface area contributed by atoms with E-state index >= 15 is 0 Å². The van der Waals surface area contributed by atoms with Gasteiger partial charge in [-0.05, 0) is 51.2 Å². The first kappa shape index (κ1) is 13.8. The molecule has 0 aliphatic heterocycles. The quantitative estimate of drug-likeness (QED) is 0.637. The monoisotopic (exact) mass is 232 g/mol. The Morgan fingerprint density at radius 1 is 1.29 bits per heavy atom. The summed E-state index contributed by atoms with van der Waals surface area (Å²) in [4.78, 5) is 0. The van der Waals surface area contributed by atoms with E-state index in [2.05, 4.69) is 51.1 Å². The van der Waals surface area contributed by atoms with E-state index in [-0.39, 0.29) is 0 Å². The van der Waals surface area contributed by atoms with Crippen LogP contribution in [-0.2, 0) is 0 Å². The Hall–Kier alpha value is -1.24. The fourth-order valence-corrected chi connectivity index (χ4v) is 2.09. The lowest BCUT2D eigenvalue weighted by molar-refractivity contribution is 0.333. The second kappa shape index (κ2) is 7.16. The number of ether oxygens (including phenoxy) is 1. The minimum Gasteiger partial charge on any atom is -0.494 e. The molecule has 1 nitrogen and oxygen atoms in total. The molecule has 0 saturated heterocycles. The summed E-state index contributed by atoms with van der Waals surface area (Å²) in [5, 5.41) is 0. The Kier molecular flexibility index (Phi) is 5.82. The summed E-state index contributed by atoms with van der Waals surface area (Å²) < 4.78 is 5.73. The van der Waals surface area contributed by atoms with Crippen LogP contribution >= 0.6 is 0 Å². The third-order valence-corrected chi connectivity index (χ3v) is 3.05. The fourth-order valence-electron chi connectivity index (χ4n) is 2.09. The molecule has 0 spiro atoms. The molecule has 1 aromatic carbocycles. The van der Waals surface area contributed by atoms with Crippen LogP contribution in [0.5, 0.6) is 5.75 Å². The van der Waals surface area contributed by atoms with E-state index in [9.17, 15) is 0 Å². The minimum atomic E-state index is 0.563. The zero-order valence-electron chi connectivity index (χ0n) is 11.5. The lowest BCUT2D eigenvalue weighted by Gasteiger charge is -2.18. The van der Waals surface area contributed by atoms with Gasteiger partial charge < -0.3 is 4.74 Å². The predicted molar refractivity (Wildman–Crippen MR) is 74.8 cm³/mol. The molecule has 1 rings (SSSR count). The van der Waals surface area contributed by atoms with Crippen molar-refractivity contribution in [3.8, 4) is 5.75 Å². The second-order valence-corrected chi connectivity index (χ2v) is 4.38. The highest BCUT2D eigenvalue weighted by Gasteiger charge is 2.13. The summed E-state index contributed by atoms with van der Waals surface area (Å²) in [6.07, 6.45) is 6.61. The first-order valence-electron chi connectivity index (χ1n) is 6.57. The second-order valence-electron chi connectivity index (χ2n) is 4.38. The molecule has 1 atom stereocenters. The van der Waals surface area contributed by atoms with Gasteiger partial charge in [-0.1, -0.05) is 36.8 Å². The highest BCUT2D eigenvalue weighted by atomic mass is 16.5. The van der Waals surface area contributed by atoms with E-state index < -0.39 is 0 Å². The van der Waals surface area contributed by atoms with Crippen molar-refractivity contribution in [3.05, 3.63) is 41.5 Å². The Balaban J connectivity index is 3.01. The van der Waals surface area contributed by atoms with Crippen molar-refractivity contribution in [2.75, 3.05) is 6.61 Å². The Morgan fingerprint density at radius 2 is 2.06 bits per heavy atom. The van der Waals surface area contributed by atoms with Crippen LogP contribution in [-0.4, -0.2) is 6.61 Å². The fraction of sp³-hybridized carbons (Fsp3) is 0.500. The molecule has 0 aliphatic rings. The molecule has 17 heavy (non-hydrogen) atoms. The molecule has 1 aromatic rings. The first-order chi connectivity index (χ1) is 8.22. The van der Waals surface area contributed by atoms with Crippen molar-refractivity contribution < 1.29 is 4.74 Å². The van der Waals surface area contributed by atoms with Gasteiger partial charge in [0.25, 0.3) is 0 Å². The summed E-state index contributed by atoms with van der Waals surface area (Å²) in [5.41, 5.74) is 2.66. The summed E-state index contributed by atoms with van der Waals surface area (Å²) in [6.45, 7) is 9.23. The van der Waals surface area contributed by atoms with Crippen LogP contribution in [0, 0.1) is 6.92 Å². The summed E-state index contributed by atoms with van der Waals surface area (Å²) in [7, 11) is 0. The van der Waals surface area contributed by atoms with Crippen LogP contribution in [0.3, 0.4) is 0 Å². The maximum atomic E-state index is 5.73. The number of aryl methyl sites for hydroxylation is 1. The van der Waals surface area contributed by atoms with Gasteiger partial charge in [0.1, 0.15) is 5.75 Å². The maximum Gasteiger partial charge on any atom is 0.122 e.